The van der Waals surface area contributed by atoms with Crippen LogP contribution in [0, 0.1) is 5.41 Å². The molecule has 1 aliphatic heterocycles. The van der Waals surface area contributed by atoms with Crippen molar-refractivity contribution in [2.75, 3.05) is 0 Å². The average molecular weight is 548 g/mol. The SMILES string of the molecule is C=C(C)N(C(=C)/C=C(\C)C1(C)CCc2ccccc2-c2cccc[n+]2C(=C)C1(C)[N+](=C)/C=C\C)C(/C=C\C)=C(C)C. The largest absolute Gasteiger partial charge is 0.316 e. The molecule has 0 aliphatic carbocycles. The van der Waals surface area contributed by atoms with Crippen molar-refractivity contribution in [3.63, 3.8) is 0 Å². The Balaban J connectivity index is 2.34. The fourth-order valence-electron chi connectivity index (χ4n) is 6.16. The van der Waals surface area contributed by atoms with E-state index in [1.165, 1.54) is 22.3 Å². The molecule has 0 amide bonds. The number of allylic oxidation sites excluding steroid dienone is 6. The number of rotatable bonds is 8. The summed E-state index contributed by atoms with van der Waals surface area (Å²) in [4.78, 5) is 2.15. The minimum Gasteiger partial charge on any atom is -0.316 e. The molecular weight excluding hydrogens is 498 g/mol. The third kappa shape index (κ3) is 5.77. The van der Waals surface area contributed by atoms with Crippen molar-refractivity contribution in [1.82, 2.24) is 4.90 Å². The first-order valence-electron chi connectivity index (χ1n) is 14.5. The first-order chi connectivity index (χ1) is 19.3. The molecule has 3 nitrogen and oxygen atoms in total. The number of benzene rings is 1. The highest BCUT2D eigenvalue weighted by molar-refractivity contribution is 5.64. The van der Waals surface area contributed by atoms with Crippen molar-refractivity contribution in [3.8, 4) is 11.3 Å². The minimum atomic E-state index is -0.583. The Hall–Kier alpha value is -3.98. The van der Waals surface area contributed by atoms with Crippen molar-refractivity contribution in [2.24, 2.45) is 5.41 Å². The van der Waals surface area contributed by atoms with Crippen LogP contribution in [0.3, 0.4) is 0 Å². The average Bonchev–Trinajstić information content (AvgIpc) is 2.97. The molecule has 2 unspecified atom stereocenters. The van der Waals surface area contributed by atoms with Gasteiger partial charge in [-0.15, -0.1) is 0 Å². The molecule has 0 fully saturated rings. The van der Waals surface area contributed by atoms with Crippen molar-refractivity contribution < 1.29 is 9.14 Å². The van der Waals surface area contributed by atoms with Gasteiger partial charge in [0.2, 0.25) is 5.69 Å². The summed E-state index contributed by atoms with van der Waals surface area (Å²) in [6.07, 6.45) is 14.5. The third-order valence-electron chi connectivity index (χ3n) is 8.88. The second-order valence-corrected chi connectivity index (χ2v) is 11.7. The summed E-state index contributed by atoms with van der Waals surface area (Å²) < 4.78 is 4.34. The summed E-state index contributed by atoms with van der Waals surface area (Å²) in [6.45, 7) is 35.4. The predicted molar refractivity (Wildman–Crippen MR) is 177 cm³/mol. The first-order valence-corrected chi connectivity index (χ1v) is 14.5. The fourth-order valence-corrected chi connectivity index (χ4v) is 6.16. The maximum atomic E-state index is 4.78. The van der Waals surface area contributed by atoms with Crippen LogP contribution in [0.15, 0.2) is 127 Å². The lowest BCUT2D eigenvalue weighted by Gasteiger charge is -2.42. The standard InChI is InChI=1S/C38H49N3/c1-13-19-35(28(3)4)41(29(5)6)31(8)27-30(7)37(10)24-23-33-20-15-16-21-34(33)36-22-17-18-26-40(36)32(9)38(37,11)39(12)25-14-2/h13-22,25-27H,5,8-9,12,23-24H2,1-4,6-7,10-11H3/q+2/b19-13-,25-14-,30-27+. The molecule has 0 N–H and O–H groups in total. The summed E-state index contributed by atoms with van der Waals surface area (Å²) in [5.41, 5.74) is 9.01. The molecule has 0 spiro atoms. The van der Waals surface area contributed by atoms with E-state index in [2.05, 4.69) is 142 Å². The van der Waals surface area contributed by atoms with Crippen LogP contribution < -0.4 is 4.57 Å². The summed E-state index contributed by atoms with van der Waals surface area (Å²) in [6, 6.07) is 15.1. The van der Waals surface area contributed by atoms with Gasteiger partial charge in [0, 0.05) is 41.7 Å². The van der Waals surface area contributed by atoms with E-state index >= 15 is 0 Å². The molecule has 214 valence electrons. The highest BCUT2D eigenvalue weighted by atomic mass is 15.2. The predicted octanol–water partition coefficient (Wildman–Crippen LogP) is 9.24. The second-order valence-electron chi connectivity index (χ2n) is 11.7. The van der Waals surface area contributed by atoms with Crippen LogP contribution in [0.1, 0.15) is 67.4 Å². The lowest BCUT2D eigenvalue weighted by Crippen LogP contribution is -2.58. The van der Waals surface area contributed by atoms with Crippen molar-refractivity contribution in [1.29, 1.82) is 0 Å². The van der Waals surface area contributed by atoms with Gasteiger partial charge < -0.3 is 4.90 Å². The second kappa shape index (κ2) is 12.7. The number of fused-ring (bicyclic) bond motifs is 3. The molecule has 2 atom stereocenters. The lowest BCUT2D eigenvalue weighted by atomic mass is 9.62. The molecule has 0 saturated carbocycles. The number of hydrogen-bond acceptors (Lipinski definition) is 1. The molecule has 3 heteroatoms. The summed E-state index contributed by atoms with van der Waals surface area (Å²) in [5, 5.41) is 0. The highest BCUT2D eigenvalue weighted by Gasteiger charge is 2.60. The Morgan fingerprint density at radius 3 is 2.24 bits per heavy atom. The van der Waals surface area contributed by atoms with E-state index in [4.69, 9.17) is 6.58 Å². The Morgan fingerprint density at radius 1 is 0.976 bits per heavy atom. The topological polar surface area (TPSA) is 10.1 Å². The summed E-state index contributed by atoms with van der Waals surface area (Å²) in [7, 11) is 0. The zero-order valence-corrected chi connectivity index (χ0v) is 26.6. The number of nitrogens with zero attached hydrogens (tertiary/aromatic N) is 3. The van der Waals surface area contributed by atoms with E-state index in [9.17, 15) is 0 Å². The van der Waals surface area contributed by atoms with Crippen LogP contribution in [0.5, 0.6) is 0 Å². The van der Waals surface area contributed by atoms with E-state index in [1.54, 1.807) is 0 Å². The van der Waals surface area contributed by atoms with Gasteiger partial charge in [0.15, 0.2) is 12.4 Å². The first kappa shape index (κ1) is 31.5. The van der Waals surface area contributed by atoms with Gasteiger partial charge in [-0.05, 0) is 104 Å². The summed E-state index contributed by atoms with van der Waals surface area (Å²) in [5.74, 6) is 0. The molecule has 2 aromatic rings. The van der Waals surface area contributed by atoms with Crippen molar-refractivity contribution >= 4 is 12.4 Å². The van der Waals surface area contributed by atoms with Crippen LogP contribution in [-0.4, -0.2) is 21.7 Å². The number of aromatic nitrogens is 1. The van der Waals surface area contributed by atoms with Gasteiger partial charge in [0.25, 0.3) is 11.2 Å². The van der Waals surface area contributed by atoms with Crippen molar-refractivity contribution in [3.05, 3.63) is 133 Å². The molecular formula is C38H49N3+2. The van der Waals surface area contributed by atoms with Gasteiger partial charge in [-0.3, -0.25) is 0 Å². The van der Waals surface area contributed by atoms with E-state index in [-0.39, 0.29) is 5.41 Å². The molecule has 41 heavy (non-hydrogen) atoms. The molecule has 1 aliphatic rings. The van der Waals surface area contributed by atoms with Crippen LogP contribution in [0.2, 0.25) is 0 Å². The molecule has 0 bridgehead atoms. The molecule has 0 radical (unpaired) electrons. The number of pyridine rings is 1. The fraction of sp³-hybridized carbons (Fsp3) is 0.316. The Kier molecular flexibility index (Phi) is 9.76. The van der Waals surface area contributed by atoms with Crippen molar-refractivity contribution in [2.45, 2.75) is 73.8 Å². The van der Waals surface area contributed by atoms with Gasteiger partial charge in [-0.1, -0.05) is 48.6 Å². The van der Waals surface area contributed by atoms with E-state index in [1.807, 2.05) is 26.8 Å². The van der Waals surface area contributed by atoms with Crippen LogP contribution in [0.25, 0.3) is 17.0 Å². The quantitative estimate of drug-likeness (QED) is 0.182. The number of hydrogen-bond donors (Lipinski definition) is 0. The van der Waals surface area contributed by atoms with Gasteiger partial charge in [0.1, 0.15) is 6.72 Å². The van der Waals surface area contributed by atoms with E-state index in [0.29, 0.717) is 0 Å². The van der Waals surface area contributed by atoms with E-state index in [0.717, 1.165) is 41.3 Å². The monoisotopic (exact) mass is 547 g/mol. The maximum absolute atomic E-state index is 4.78. The van der Waals surface area contributed by atoms with Gasteiger partial charge in [0.05, 0.1) is 5.41 Å². The number of aryl methyl sites for hydroxylation is 1. The zero-order valence-electron chi connectivity index (χ0n) is 26.6. The molecule has 3 rings (SSSR count). The van der Waals surface area contributed by atoms with Crippen LogP contribution in [-0.2, 0) is 6.42 Å². The Morgan fingerprint density at radius 2 is 1.63 bits per heavy atom. The maximum Gasteiger partial charge on any atom is 0.255 e. The Labute approximate surface area is 249 Å². The Bertz CT molecular complexity index is 1490. The highest BCUT2D eigenvalue weighted by Crippen LogP contribution is 2.50. The van der Waals surface area contributed by atoms with E-state index < -0.39 is 5.54 Å². The zero-order chi connectivity index (χ0) is 30.5. The third-order valence-corrected chi connectivity index (χ3v) is 8.88. The normalized spacial score (nSPS) is 21.0. The molecule has 1 aromatic heterocycles. The minimum absolute atomic E-state index is 0.377. The van der Waals surface area contributed by atoms with Gasteiger partial charge >= 0.3 is 0 Å². The van der Waals surface area contributed by atoms with Gasteiger partial charge in [-0.25, -0.2) is 0 Å². The molecule has 0 saturated heterocycles. The van der Waals surface area contributed by atoms with Crippen LogP contribution >= 0.6 is 0 Å². The molecule has 2 heterocycles. The lowest BCUT2D eigenvalue weighted by molar-refractivity contribution is -0.626. The smallest absolute Gasteiger partial charge is 0.255 e. The van der Waals surface area contributed by atoms with Gasteiger partial charge in [-0.2, -0.15) is 9.14 Å². The molecule has 1 aromatic carbocycles. The van der Waals surface area contributed by atoms with Crippen LogP contribution in [0.4, 0.5) is 0 Å². The summed E-state index contributed by atoms with van der Waals surface area (Å²) >= 11 is 0.